The minimum Gasteiger partial charge on any atom is -0.399 e. The van der Waals surface area contributed by atoms with Crippen LogP contribution in [-0.2, 0) is 0 Å². The highest BCUT2D eigenvalue weighted by molar-refractivity contribution is 14.1. The molecule has 1 fully saturated rings. The van der Waals surface area contributed by atoms with Crippen LogP contribution in [0.25, 0.3) is 0 Å². The van der Waals surface area contributed by atoms with Crippen molar-refractivity contribution < 1.29 is 0 Å². The molecule has 0 bridgehead atoms. The summed E-state index contributed by atoms with van der Waals surface area (Å²) < 4.78 is 1.20. The third-order valence-electron chi connectivity index (χ3n) is 2.82. The minimum absolute atomic E-state index is 0.833. The van der Waals surface area contributed by atoms with Crippen LogP contribution in [0.1, 0.15) is 13.3 Å². The van der Waals surface area contributed by atoms with Crippen molar-refractivity contribution in [2.24, 2.45) is 11.8 Å². The average molecular weight is 302 g/mol. The maximum absolute atomic E-state index is 5.69. The van der Waals surface area contributed by atoms with E-state index >= 15 is 0 Å². The summed E-state index contributed by atoms with van der Waals surface area (Å²) in [6.07, 6.45) is 1.37. The van der Waals surface area contributed by atoms with Crippen molar-refractivity contribution in [3.8, 4) is 0 Å². The van der Waals surface area contributed by atoms with E-state index in [2.05, 4.69) is 40.9 Å². The molecule has 1 saturated carbocycles. The van der Waals surface area contributed by atoms with Crippen molar-refractivity contribution in [3.63, 3.8) is 0 Å². The van der Waals surface area contributed by atoms with Crippen LogP contribution in [0, 0.1) is 15.4 Å². The molecule has 3 heteroatoms. The van der Waals surface area contributed by atoms with Gasteiger partial charge in [-0.25, -0.2) is 0 Å². The Bertz CT molecular complexity index is 338. The molecule has 2 nitrogen and oxygen atoms in total. The third-order valence-corrected chi connectivity index (χ3v) is 3.72. The van der Waals surface area contributed by atoms with E-state index in [0.717, 1.165) is 24.1 Å². The average Bonchev–Trinajstić information content (AvgIpc) is 2.80. The Hall–Kier alpha value is -0.450. The second kappa shape index (κ2) is 3.96. The second-order valence-electron chi connectivity index (χ2n) is 4.09. The molecule has 1 aromatic carbocycles. The van der Waals surface area contributed by atoms with Crippen molar-refractivity contribution in [1.29, 1.82) is 0 Å². The van der Waals surface area contributed by atoms with Gasteiger partial charge in [-0.1, -0.05) is 6.92 Å². The molecular weight excluding hydrogens is 287 g/mol. The molecule has 2 rings (SSSR count). The van der Waals surface area contributed by atoms with Crippen molar-refractivity contribution >= 4 is 34.0 Å². The fraction of sp³-hybridized carbons (Fsp3) is 0.455. The van der Waals surface area contributed by atoms with Crippen LogP contribution in [0.3, 0.4) is 0 Å². The summed E-state index contributed by atoms with van der Waals surface area (Å²) in [5.74, 6) is 1.79. The van der Waals surface area contributed by atoms with Gasteiger partial charge in [0, 0.05) is 21.5 Å². The molecule has 1 aliphatic rings. The first-order valence-corrected chi connectivity index (χ1v) is 6.03. The van der Waals surface area contributed by atoms with Gasteiger partial charge in [0.05, 0.1) is 0 Å². The Kier molecular flexibility index (Phi) is 2.85. The van der Waals surface area contributed by atoms with E-state index in [1.165, 1.54) is 15.7 Å². The van der Waals surface area contributed by atoms with E-state index in [1.54, 1.807) is 0 Å². The third kappa shape index (κ3) is 2.32. The van der Waals surface area contributed by atoms with Crippen LogP contribution in [0.5, 0.6) is 0 Å². The Labute approximate surface area is 98.4 Å². The zero-order valence-corrected chi connectivity index (χ0v) is 10.4. The molecule has 1 aliphatic carbocycles. The smallest absolute Gasteiger partial charge is 0.0477 e. The van der Waals surface area contributed by atoms with Crippen LogP contribution in [0.15, 0.2) is 18.2 Å². The van der Waals surface area contributed by atoms with E-state index in [0.29, 0.717) is 0 Å². The Morgan fingerprint density at radius 1 is 1.57 bits per heavy atom. The van der Waals surface area contributed by atoms with E-state index in [4.69, 9.17) is 5.73 Å². The number of hydrogen-bond acceptors (Lipinski definition) is 2. The minimum atomic E-state index is 0.833. The van der Waals surface area contributed by atoms with Gasteiger partial charge in [-0.15, -0.1) is 0 Å². The summed E-state index contributed by atoms with van der Waals surface area (Å²) in [4.78, 5) is 0. The Morgan fingerprint density at radius 2 is 2.29 bits per heavy atom. The molecule has 3 N–H and O–H groups in total. The second-order valence-corrected chi connectivity index (χ2v) is 5.26. The molecule has 0 heterocycles. The topological polar surface area (TPSA) is 38.0 Å². The number of benzene rings is 1. The van der Waals surface area contributed by atoms with Gasteiger partial charge >= 0.3 is 0 Å². The normalized spacial score (nSPS) is 24.7. The molecule has 2 atom stereocenters. The highest BCUT2D eigenvalue weighted by Crippen LogP contribution is 2.37. The van der Waals surface area contributed by atoms with Crippen LogP contribution < -0.4 is 11.1 Å². The predicted octanol–water partition coefficient (Wildman–Crippen LogP) is 2.94. The lowest BCUT2D eigenvalue weighted by Gasteiger charge is -2.08. The highest BCUT2D eigenvalue weighted by Gasteiger charge is 2.31. The Morgan fingerprint density at radius 3 is 2.86 bits per heavy atom. The van der Waals surface area contributed by atoms with Gasteiger partial charge in [-0.2, -0.15) is 0 Å². The molecule has 0 saturated heterocycles. The zero-order chi connectivity index (χ0) is 10.1. The molecule has 2 unspecified atom stereocenters. The fourth-order valence-corrected chi connectivity index (χ4v) is 2.33. The monoisotopic (exact) mass is 302 g/mol. The molecular formula is C11H15IN2. The predicted molar refractivity (Wildman–Crippen MR) is 69.3 cm³/mol. The first-order chi connectivity index (χ1) is 6.66. The van der Waals surface area contributed by atoms with Crippen molar-refractivity contribution in [3.05, 3.63) is 21.8 Å². The number of rotatable bonds is 3. The summed E-state index contributed by atoms with van der Waals surface area (Å²) in [6.45, 7) is 3.40. The number of nitrogens with two attached hydrogens (primary N) is 1. The first-order valence-electron chi connectivity index (χ1n) is 4.95. The van der Waals surface area contributed by atoms with Crippen LogP contribution in [0.2, 0.25) is 0 Å². The van der Waals surface area contributed by atoms with Crippen molar-refractivity contribution in [1.82, 2.24) is 0 Å². The van der Waals surface area contributed by atoms with E-state index in [1.807, 2.05) is 12.1 Å². The maximum atomic E-state index is 5.69. The van der Waals surface area contributed by atoms with Gasteiger partial charge in [-0.05, 0) is 59.0 Å². The first kappa shape index (κ1) is 10.1. The van der Waals surface area contributed by atoms with Crippen LogP contribution in [0.4, 0.5) is 11.4 Å². The lowest BCUT2D eigenvalue weighted by Crippen LogP contribution is -2.05. The van der Waals surface area contributed by atoms with Gasteiger partial charge in [0.25, 0.3) is 0 Å². The number of nitrogen functional groups attached to an aromatic ring is 1. The lowest BCUT2D eigenvalue weighted by molar-refractivity contribution is 0.787. The quantitative estimate of drug-likeness (QED) is 0.665. The number of nitrogens with one attached hydrogen (secondary N) is 1. The largest absolute Gasteiger partial charge is 0.399 e. The summed E-state index contributed by atoms with van der Waals surface area (Å²) in [5.41, 5.74) is 7.73. The van der Waals surface area contributed by atoms with Gasteiger partial charge in [0.15, 0.2) is 0 Å². The molecule has 76 valence electrons. The van der Waals surface area contributed by atoms with Gasteiger partial charge in [-0.3, -0.25) is 0 Å². The van der Waals surface area contributed by atoms with E-state index in [9.17, 15) is 0 Å². The molecule has 14 heavy (non-hydrogen) atoms. The molecule has 0 amide bonds. The van der Waals surface area contributed by atoms with Crippen LogP contribution in [-0.4, -0.2) is 6.54 Å². The van der Waals surface area contributed by atoms with Gasteiger partial charge in [0.1, 0.15) is 0 Å². The van der Waals surface area contributed by atoms with E-state index in [-0.39, 0.29) is 0 Å². The fourth-order valence-electron chi connectivity index (χ4n) is 1.60. The summed E-state index contributed by atoms with van der Waals surface area (Å²) in [5, 5.41) is 3.47. The zero-order valence-electron chi connectivity index (χ0n) is 8.26. The number of hydrogen-bond donors (Lipinski definition) is 2. The Balaban J connectivity index is 1.95. The van der Waals surface area contributed by atoms with E-state index < -0.39 is 0 Å². The molecule has 0 aromatic heterocycles. The maximum Gasteiger partial charge on any atom is 0.0477 e. The van der Waals surface area contributed by atoms with Gasteiger partial charge in [0.2, 0.25) is 0 Å². The highest BCUT2D eigenvalue weighted by atomic mass is 127. The van der Waals surface area contributed by atoms with Crippen LogP contribution >= 0.6 is 22.6 Å². The number of halogens is 1. The molecule has 1 aromatic rings. The summed E-state index contributed by atoms with van der Waals surface area (Å²) >= 11 is 2.32. The summed E-state index contributed by atoms with van der Waals surface area (Å²) in [6, 6.07) is 6.00. The lowest BCUT2D eigenvalue weighted by atomic mass is 10.2. The molecule has 0 radical (unpaired) electrons. The van der Waals surface area contributed by atoms with Crippen molar-refractivity contribution in [2.75, 3.05) is 17.6 Å². The molecule has 0 spiro atoms. The number of anilines is 2. The van der Waals surface area contributed by atoms with Crippen molar-refractivity contribution in [2.45, 2.75) is 13.3 Å². The van der Waals surface area contributed by atoms with Gasteiger partial charge < -0.3 is 11.1 Å². The SMILES string of the molecule is CC1CC1CNc1ccc(N)cc1I. The standard InChI is InChI=1S/C11H15IN2/c1-7-4-8(7)6-14-11-3-2-9(13)5-10(11)12/h2-3,5,7-8,14H,4,6,13H2,1H3. The summed E-state index contributed by atoms with van der Waals surface area (Å²) in [7, 11) is 0. The molecule has 0 aliphatic heterocycles.